The monoisotopic (exact) mass is 444 g/mol. The molecule has 4 aliphatic carbocycles. The van der Waals surface area contributed by atoms with Crippen LogP contribution in [0.2, 0.25) is 39.3 Å². The van der Waals surface area contributed by atoms with Gasteiger partial charge in [-0.1, -0.05) is 26.0 Å². The van der Waals surface area contributed by atoms with Gasteiger partial charge in [-0.3, -0.25) is 0 Å². The van der Waals surface area contributed by atoms with Gasteiger partial charge in [-0.2, -0.15) is 0 Å². The van der Waals surface area contributed by atoms with E-state index in [-0.39, 0.29) is 11.0 Å². The summed E-state index contributed by atoms with van der Waals surface area (Å²) in [6.45, 7) is 21.4. The van der Waals surface area contributed by atoms with Crippen LogP contribution < -0.4 is 0 Å². The number of fused-ring (bicyclic) bond motifs is 5. The Hall–Kier alpha value is -0.586. The molecule has 0 aromatic carbocycles. The minimum Gasteiger partial charge on any atom is -0.544 e. The highest BCUT2D eigenvalue weighted by molar-refractivity contribution is 6.70. The molecule has 4 heteroatoms. The van der Waals surface area contributed by atoms with Gasteiger partial charge < -0.3 is 8.85 Å². The first-order valence-corrected chi connectivity index (χ1v) is 19.0. The lowest BCUT2D eigenvalue weighted by Gasteiger charge is -2.58. The molecule has 4 aliphatic rings. The molecule has 0 heterocycles. The van der Waals surface area contributed by atoms with E-state index in [1.165, 1.54) is 37.7 Å². The minimum absolute atomic E-state index is 0.0542. The Bertz CT molecular complexity index is 799. The molecule has 2 fully saturated rings. The summed E-state index contributed by atoms with van der Waals surface area (Å²) in [6.07, 6.45) is 16.1. The third kappa shape index (κ3) is 3.65. The van der Waals surface area contributed by atoms with Crippen LogP contribution in [0.5, 0.6) is 0 Å². The third-order valence-corrected chi connectivity index (χ3v) is 10.7. The molecule has 0 saturated heterocycles. The summed E-state index contributed by atoms with van der Waals surface area (Å²) < 4.78 is 13.2. The van der Waals surface area contributed by atoms with Crippen molar-refractivity contribution in [2.24, 2.45) is 28.6 Å². The second-order valence-electron chi connectivity index (χ2n) is 13.1. The SMILES string of the molecule is CC12C=CC(O[Si](C)(C)C)=CC1=CCC1C2CCC2(C)C1CC[C@@]2(C)O[Si](C)(C)C. The molecule has 30 heavy (non-hydrogen) atoms. The molecule has 0 aliphatic heterocycles. The lowest BCUT2D eigenvalue weighted by molar-refractivity contribution is -0.0964. The average Bonchev–Trinajstić information content (AvgIpc) is 2.83. The maximum atomic E-state index is 6.92. The lowest BCUT2D eigenvalue weighted by Crippen LogP contribution is -2.55. The van der Waals surface area contributed by atoms with Crippen LogP contribution in [0, 0.1) is 28.6 Å². The van der Waals surface area contributed by atoms with Gasteiger partial charge in [0.05, 0.1) is 5.60 Å². The van der Waals surface area contributed by atoms with Gasteiger partial charge >= 0.3 is 0 Å². The van der Waals surface area contributed by atoms with E-state index < -0.39 is 16.6 Å². The van der Waals surface area contributed by atoms with Crippen molar-refractivity contribution < 1.29 is 8.85 Å². The maximum Gasteiger partial charge on any atom is 0.242 e. The quantitative estimate of drug-likeness (QED) is 0.414. The summed E-state index contributed by atoms with van der Waals surface area (Å²) in [6, 6.07) is 0. The molecule has 0 amide bonds. The normalized spacial score (nSPS) is 43.3. The first kappa shape index (κ1) is 22.6. The van der Waals surface area contributed by atoms with Crippen molar-refractivity contribution in [1.82, 2.24) is 0 Å². The molecule has 2 nitrogen and oxygen atoms in total. The summed E-state index contributed by atoms with van der Waals surface area (Å²) >= 11 is 0. The highest BCUT2D eigenvalue weighted by Crippen LogP contribution is 2.67. The van der Waals surface area contributed by atoms with Crippen LogP contribution in [0.3, 0.4) is 0 Å². The molecule has 0 aromatic rings. The summed E-state index contributed by atoms with van der Waals surface area (Å²) in [5.41, 5.74) is 2.03. The zero-order valence-electron chi connectivity index (χ0n) is 20.9. The van der Waals surface area contributed by atoms with E-state index in [2.05, 4.69) is 84.4 Å². The van der Waals surface area contributed by atoms with Gasteiger partial charge in [0, 0.05) is 5.41 Å². The zero-order valence-corrected chi connectivity index (χ0v) is 22.9. The van der Waals surface area contributed by atoms with Gasteiger partial charge in [-0.05, 0) is 119 Å². The van der Waals surface area contributed by atoms with E-state index >= 15 is 0 Å². The second kappa shape index (κ2) is 6.95. The molecule has 0 spiro atoms. The standard InChI is InChI=1S/C26H44O2Si2/c1-24-15-12-20(27-29(4,5)6)18-19(24)10-11-21-22(24)13-16-25(2)23(21)14-17-26(25,3)28-30(7,8)9/h10,12,15,18,21-23H,11,13-14,16-17H2,1-9H3/t21?,22?,23?,24?,25?,26-/m1/s1. The molecule has 0 aromatic heterocycles. The number of hydrogen-bond acceptors (Lipinski definition) is 2. The van der Waals surface area contributed by atoms with Crippen LogP contribution in [-0.4, -0.2) is 22.2 Å². The molecule has 2 saturated carbocycles. The Balaban J connectivity index is 1.62. The Kier molecular flexibility index (Phi) is 5.24. The first-order valence-electron chi connectivity index (χ1n) is 12.2. The minimum atomic E-state index is -1.58. The molecule has 0 N–H and O–H groups in total. The largest absolute Gasteiger partial charge is 0.544 e. The first-order chi connectivity index (χ1) is 13.7. The van der Waals surface area contributed by atoms with Crippen LogP contribution in [-0.2, 0) is 8.85 Å². The fourth-order valence-corrected chi connectivity index (χ4v) is 9.96. The van der Waals surface area contributed by atoms with E-state index in [0.717, 1.165) is 23.5 Å². The van der Waals surface area contributed by atoms with Crippen LogP contribution in [0.15, 0.2) is 35.6 Å². The Morgan fingerprint density at radius 1 is 0.900 bits per heavy atom. The van der Waals surface area contributed by atoms with Crippen molar-refractivity contribution in [3.05, 3.63) is 35.6 Å². The summed E-state index contributed by atoms with van der Waals surface area (Å²) in [5.74, 6) is 3.38. The highest BCUT2D eigenvalue weighted by atomic mass is 28.4. The smallest absolute Gasteiger partial charge is 0.242 e. The maximum absolute atomic E-state index is 6.92. The van der Waals surface area contributed by atoms with Crippen molar-refractivity contribution in [3.8, 4) is 0 Å². The Morgan fingerprint density at radius 2 is 1.57 bits per heavy atom. The average molecular weight is 445 g/mol. The second-order valence-corrected chi connectivity index (χ2v) is 21.9. The molecule has 168 valence electrons. The predicted octanol–water partition coefficient (Wildman–Crippen LogP) is 7.68. The van der Waals surface area contributed by atoms with E-state index in [4.69, 9.17) is 8.85 Å². The number of rotatable bonds is 4. The molecule has 4 rings (SSSR count). The van der Waals surface area contributed by atoms with Gasteiger partial charge in [0.1, 0.15) is 5.76 Å². The van der Waals surface area contributed by atoms with Crippen molar-refractivity contribution in [1.29, 1.82) is 0 Å². The molecule has 5 unspecified atom stereocenters. The van der Waals surface area contributed by atoms with Gasteiger partial charge in [0.25, 0.3) is 0 Å². The van der Waals surface area contributed by atoms with Crippen molar-refractivity contribution in [3.63, 3.8) is 0 Å². The van der Waals surface area contributed by atoms with Gasteiger partial charge in [0.15, 0.2) is 8.32 Å². The highest BCUT2D eigenvalue weighted by Gasteiger charge is 2.63. The number of hydrogen-bond donors (Lipinski definition) is 0. The Labute approximate surface area is 187 Å². The molecular formula is C26H44O2Si2. The van der Waals surface area contributed by atoms with Crippen LogP contribution in [0.25, 0.3) is 0 Å². The van der Waals surface area contributed by atoms with Gasteiger partial charge in [-0.25, -0.2) is 0 Å². The van der Waals surface area contributed by atoms with Gasteiger partial charge in [0.2, 0.25) is 8.32 Å². The van der Waals surface area contributed by atoms with Crippen LogP contribution >= 0.6 is 0 Å². The van der Waals surface area contributed by atoms with Crippen LogP contribution in [0.4, 0.5) is 0 Å². The third-order valence-electron chi connectivity index (χ3n) is 8.82. The van der Waals surface area contributed by atoms with Gasteiger partial charge in [-0.15, -0.1) is 0 Å². The van der Waals surface area contributed by atoms with Crippen LogP contribution in [0.1, 0.15) is 52.9 Å². The zero-order chi connectivity index (χ0) is 22.2. The lowest BCUT2D eigenvalue weighted by atomic mass is 9.48. The van der Waals surface area contributed by atoms with E-state index in [9.17, 15) is 0 Å². The predicted molar refractivity (Wildman–Crippen MR) is 132 cm³/mol. The summed E-state index contributed by atoms with van der Waals surface area (Å²) in [7, 11) is -3.15. The molecule has 6 atom stereocenters. The molecular weight excluding hydrogens is 400 g/mol. The summed E-state index contributed by atoms with van der Waals surface area (Å²) in [5, 5.41) is 0. The fraction of sp³-hybridized carbons (Fsp3) is 0.769. The van der Waals surface area contributed by atoms with E-state index in [1.54, 1.807) is 0 Å². The van der Waals surface area contributed by atoms with Crippen molar-refractivity contribution >= 4 is 16.6 Å². The van der Waals surface area contributed by atoms with E-state index in [1.807, 2.05) is 0 Å². The van der Waals surface area contributed by atoms with Crippen molar-refractivity contribution in [2.45, 2.75) is 97.8 Å². The molecule has 0 radical (unpaired) electrons. The van der Waals surface area contributed by atoms with Crippen molar-refractivity contribution in [2.75, 3.05) is 0 Å². The van der Waals surface area contributed by atoms with E-state index in [0.29, 0.717) is 5.41 Å². The number of allylic oxidation sites excluding steroid dienone is 5. The fourth-order valence-electron chi connectivity index (χ4n) is 7.43. The topological polar surface area (TPSA) is 18.5 Å². The molecule has 0 bridgehead atoms. The summed E-state index contributed by atoms with van der Waals surface area (Å²) in [4.78, 5) is 0. The Morgan fingerprint density at radius 3 is 2.20 bits per heavy atom.